The van der Waals surface area contributed by atoms with Gasteiger partial charge in [-0.25, -0.2) is 0 Å². The summed E-state index contributed by atoms with van der Waals surface area (Å²) in [5, 5.41) is 11.1. The van der Waals surface area contributed by atoms with Crippen molar-refractivity contribution < 1.29 is 14.7 Å². The molecule has 1 rings (SSSR count). The molecule has 0 bridgehead atoms. The summed E-state index contributed by atoms with van der Waals surface area (Å²) in [6, 6.07) is 5.20. The molecule has 0 saturated carbocycles. The van der Waals surface area contributed by atoms with Crippen LogP contribution in [0.15, 0.2) is 23.1 Å². The standard InChI is InChI=1S/C13H17NO3S/c1-8-4-5-9(2)11(6-8)18-7-12(15)14-10(3)13(16)17/h4-6,10H,7H2,1-3H3,(H,14,15)(H,16,17)/t10-/m1/s1. The molecule has 0 spiro atoms. The van der Waals surface area contributed by atoms with Gasteiger partial charge in [-0.05, 0) is 32.4 Å². The van der Waals surface area contributed by atoms with E-state index in [-0.39, 0.29) is 11.7 Å². The minimum absolute atomic E-state index is 0.224. The Morgan fingerprint density at radius 1 is 1.39 bits per heavy atom. The first-order valence-electron chi connectivity index (χ1n) is 5.62. The lowest BCUT2D eigenvalue weighted by Gasteiger charge is -2.10. The second kappa shape index (κ2) is 6.44. The van der Waals surface area contributed by atoms with E-state index in [0.29, 0.717) is 0 Å². The lowest BCUT2D eigenvalue weighted by molar-refractivity contribution is -0.140. The highest BCUT2D eigenvalue weighted by atomic mass is 32.2. The van der Waals surface area contributed by atoms with Crippen LogP contribution in [0.3, 0.4) is 0 Å². The van der Waals surface area contributed by atoms with Crippen molar-refractivity contribution in [3.05, 3.63) is 29.3 Å². The lowest BCUT2D eigenvalue weighted by Crippen LogP contribution is -2.39. The molecule has 0 unspecified atom stereocenters. The average Bonchev–Trinajstić information content (AvgIpc) is 2.30. The van der Waals surface area contributed by atoms with E-state index in [1.807, 2.05) is 32.0 Å². The van der Waals surface area contributed by atoms with E-state index < -0.39 is 12.0 Å². The van der Waals surface area contributed by atoms with Crippen LogP contribution in [0.1, 0.15) is 18.1 Å². The maximum absolute atomic E-state index is 11.5. The summed E-state index contributed by atoms with van der Waals surface area (Å²) in [7, 11) is 0. The topological polar surface area (TPSA) is 66.4 Å². The molecule has 0 aliphatic rings. The van der Waals surface area contributed by atoms with Gasteiger partial charge in [0.1, 0.15) is 6.04 Å². The van der Waals surface area contributed by atoms with Crippen molar-refractivity contribution in [3.8, 4) is 0 Å². The van der Waals surface area contributed by atoms with Crippen LogP contribution in [-0.2, 0) is 9.59 Å². The normalized spacial score (nSPS) is 11.9. The third-order valence-corrected chi connectivity index (χ3v) is 3.61. The summed E-state index contributed by atoms with van der Waals surface area (Å²) in [5.74, 6) is -1.07. The number of hydrogen-bond donors (Lipinski definition) is 2. The number of carbonyl (C=O) groups excluding carboxylic acids is 1. The van der Waals surface area contributed by atoms with Crippen LogP contribution in [-0.4, -0.2) is 28.8 Å². The van der Waals surface area contributed by atoms with Crippen LogP contribution in [0, 0.1) is 13.8 Å². The molecule has 18 heavy (non-hydrogen) atoms. The van der Waals surface area contributed by atoms with Crippen LogP contribution in [0.25, 0.3) is 0 Å². The van der Waals surface area contributed by atoms with Crippen molar-refractivity contribution in [2.24, 2.45) is 0 Å². The number of carbonyl (C=O) groups is 2. The third-order valence-electron chi connectivity index (χ3n) is 2.45. The van der Waals surface area contributed by atoms with Gasteiger partial charge in [-0.1, -0.05) is 17.7 Å². The van der Waals surface area contributed by atoms with Crippen molar-refractivity contribution in [2.45, 2.75) is 31.7 Å². The minimum Gasteiger partial charge on any atom is -0.480 e. The van der Waals surface area contributed by atoms with Gasteiger partial charge in [0.2, 0.25) is 5.91 Å². The molecular formula is C13H17NO3S. The Morgan fingerprint density at radius 2 is 2.06 bits per heavy atom. The zero-order chi connectivity index (χ0) is 13.7. The molecule has 98 valence electrons. The molecule has 0 radical (unpaired) electrons. The van der Waals surface area contributed by atoms with Gasteiger partial charge < -0.3 is 10.4 Å². The lowest BCUT2D eigenvalue weighted by atomic mass is 10.2. The van der Waals surface area contributed by atoms with Crippen LogP contribution >= 0.6 is 11.8 Å². The Bertz CT molecular complexity index is 460. The fraction of sp³-hybridized carbons (Fsp3) is 0.385. The van der Waals surface area contributed by atoms with Crippen LogP contribution in [0.4, 0.5) is 0 Å². The van der Waals surface area contributed by atoms with Gasteiger partial charge in [-0.3, -0.25) is 9.59 Å². The molecule has 0 aliphatic heterocycles. The molecule has 0 aliphatic carbocycles. The number of carboxylic acid groups (broad SMARTS) is 1. The number of thioether (sulfide) groups is 1. The molecular weight excluding hydrogens is 250 g/mol. The highest BCUT2D eigenvalue weighted by Gasteiger charge is 2.14. The molecule has 1 atom stereocenters. The highest BCUT2D eigenvalue weighted by Crippen LogP contribution is 2.23. The summed E-state index contributed by atoms with van der Waals surface area (Å²) in [5.41, 5.74) is 2.26. The molecule has 5 heteroatoms. The summed E-state index contributed by atoms with van der Waals surface area (Å²) in [6.45, 7) is 5.43. The van der Waals surface area contributed by atoms with Gasteiger partial charge in [-0.2, -0.15) is 0 Å². The summed E-state index contributed by atoms with van der Waals surface area (Å²) in [4.78, 5) is 23.2. The van der Waals surface area contributed by atoms with Crippen LogP contribution in [0.5, 0.6) is 0 Å². The zero-order valence-electron chi connectivity index (χ0n) is 10.7. The third kappa shape index (κ3) is 4.41. The van der Waals surface area contributed by atoms with Crippen molar-refractivity contribution in [1.29, 1.82) is 0 Å². The smallest absolute Gasteiger partial charge is 0.325 e. The van der Waals surface area contributed by atoms with Crippen molar-refractivity contribution in [3.63, 3.8) is 0 Å². The second-order valence-electron chi connectivity index (χ2n) is 4.19. The molecule has 0 aromatic heterocycles. The summed E-state index contributed by atoms with van der Waals surface area (Å²) >= 11 is 1.42. The van der Waals surface area contributed by atoms with Gasteiger partial charge in [0, 0.05) is 4.90 Å². The predicted molar refractivity (Wildman–Crippen MR) is 71.9 cm³/mol. The van der Waals surface area contributed by atoms with E-state index in [4.69, 9.17) is 5.11 Å². The van der Waals surface area contributed by atoms with Crippen molar-refractivity contribution in [2.75, 3.05) is 5.75 Å². The molecule has 2 N–H and O–H groups in total. The Labute approximate surface area is 111 Å². The molecule has 1 aromatic carbocycles. The maximum Gasteiger partial charge on any atom is 0.325 e. The maximum atomic E-state index is 11.5. The van der Waals surface area contributed by atoms with Gasteiger partial charge >= 0.3 is 5.97 Å². The number of carboxylic acids is 1. The van der Waals surface area contributed by atoms with Crippen LogP contribution < -0.4 is 5.32 Å². The molecule has 1 amide bonds. The first kappa shape index (κ1) is 14.6. The Balaban J connectivity index is 2.52. The van der Waals surface area contributed by atoms with E-state index in [1.165, 1.54) is 18.7 Å². The van der Waals surface area contributed by atoms with Gasteiger partial charge in [-0.15, -0.1) is 11.8 Å². The Morgan fingerprint density at radius 3 is 2.67 bits per heavy atom. The van der Waals surface area contributed by atoms with E-state index in [9.17, 15) is 9.59 Å². The van der Waals surface area contributed by atoms with E-state index in [1.54, 1.807) is 0 Å². The summed E-state index contributed by atoms with van der Waals surface area (Å²) < 4.78 is 0. The molecule has 0 saturated heterocycles. The number of aryl methyl sites for hydroxylation is 2. The number of nitrogens with one attached hydrogen (secondary N) is 1. The average molecular weight is 267 g/mol. The van der Waals surface area contributed by atoms with E-state index in [0.717, 1.165) is 16.0 Å². The van der Waals surface area contributed by atoms with Crippen molar-refractivity contribution >= 4 is 23.6 Å². The number of aliphatic carboxylic acids is 1. The molecule has 1 aromatic rings. The van der Waals surface area contributed by atoms with Gasteiger partial charge in [0.05, 0.1) is 5.75 Å². The molecule has 4 nitrogen and oxygen atoms in total. The number of benzene rings is 1. The number of amides is 1. The first-order chi connectivity index (χ1) is 8.40. The van der Waals surface area contributed by atoms with E-state index >= 15 is 0 Å². The van der Waals surface area contributed by atoms with E-state index in [2.05, 4.69) is 5.32 Å². The number of rotatable bonds is 5. The fourth-order valence-electron chi connectivity index (χ4n) is 1.35. The fourth-order valence-corrected chi connectivity index (χ4v) is 2.29. The first-order valence-corrected chi connectivity index (χ1v) is 6.61. The Kier molecular flexibility index (Phi) is 5.22. The predicted octanol–water partition coefficient (Wildman–Crippen LogP) is 1.98. The van der Waals surface area contributed by atoms with Crippen LogP contribution in [0.2, 0.25) is 0 Å². The quantitative estimate of drug-likeness (QED) is 0.801. The van der Waals surface area contributed by atoms with Gasteiger partial charge in [0.25, 0.3) is 0 Å². The monoisotopic (exact) mass is 267 g/mol. The largest absolute Gasteiger partial charge is 0.480 e. The SMILES string of the molecule is Cc1ccc(C)c(SCC(=O)N[C@H](C)C(=O)O)c1. The Hall–Kier alpha value is -1.49. The zero-order valence-corrected chi connectivity index (χ0v) is 11.5. The van der Waals surface area contributed by atoms with Gasteiger partial charge in [0.15, 0.2) is 0 Å². The highest BCUT2D eigenvalue weighted by molar-refractivity contribution is 8.00. The molecule has 0 fully saturated rings. The number of hydrogen-bond acceptors (Lipinski definition) is 3. The minimum atomic E-state index is -1.03. The molecule has 0 heterocycles. The van der Waals surface area contributed by atoms with Crippen molar-refractivity contribution in [1.82, 2.24) is 5.32 Å². The summed E-state index contributed by atoms with van der Waals surface area (Å²) in [6.07, 6.45) is 0. The second-order valence-corrected chi connectivity index (χ2v) is 5.20.